The van der Waals surface area contributed by atoms with Crippen LogP contribution in [0.2, 0.25) is 0 Å². The molecular weight excluding hydrogens is 312 g/mol. The summed E-state index contributed by atoms with van der Waals surface area (Å²) in [5, 5.41) is 0. The highest BCUT2D eigenvalue weighted by Gasteiger charge is 2.27. The molecule has 0 fully saturated rings. The molecule has 26 heavy (non-hydrogen) atoms. The molecule has 0 saturated carbocycles. The maximum Gasteiger partial charge on any atom is -0.000739 e. The molecule has 0 heterocycles. The lowest BCUT2D eigenvalue weighted by molar-refractivity contribution is 0.589. The number of hydrogen-bond acceptors (Lipinski definition) is 0. The van der Waals surface area contributed by atoms with Gasteiger partial charge in [0, 0.05) is 0 Å². The first-order chi connectivity index (χ1) is 12.1. The van der Waals surface area contributed by atoms with E-state index in [1.54, 1.807) is 0 Å². The van der Waals surface area contributed by atoms with Crippen LogP contribution in [0.4, 0.5) is 0 Å². The van der Waals surface area contributed by atoms with Crippen LogP contribution >= 0.6 is 0 Å². The standard InChI is InChI=1S/C26H30/c1-25(2,3)19-12-11-18-13-23-21(17-9-7-8-10-17)15-20(26(4,5)6)16-24(23)22(18)14-19/h7-9,11-12,14-16H,10,13H2,1-6H3. The molecule has 0 saturated heterocycles. The molecule has 2 aliphatic rings. The third-order valence-corrected chi connectivity index (χ3v) is 5.87. The normalized spacial score (nSPS) is 15.8. The second-order valence-electron chi connectivity index (χ2n) is 9.92. The minimum Gasteiger partial charge on any atom is -0.0801 e. The summed E-state index contributed by atoms with van der Waals surface area (Å²) in [6.45, 7) is 13.9. The lowest BCUT2D eigenvalue weighted by Gasteiger charge is -2.23. The predicted octanol–water partition coefficient (Wildman–Crippen LogP) is 7.20. The Bertz CT molecular complexity index is 937. The second kappa shape index (κ2) is 5.71. The Morgan fingerprint density at radius 2 is 1.38 bits per heavy atom. The van der Waals surface area contributed by atoms with Crippen LogP contribution in [0.25, 0.3) is 16.7 Å². The van der Waals surface area contributed by atoms with Gasteiger partial charge >= 0.3 is 0 Å². The monoisotopic (exact) mass is 342 g/mol. The Hall–Kier alpha value is -2.08. The Labute approximate surface area is 158 Å². The minimum atomic E-state index is 0.154. The van der Waals surface area contributed by atoms with Crippen molar-refractivity contribution in [1.82, 2.24) is 0 Å². The van der Waals surface area contributed by atoms with Crippen molar-refractivity contribution < 1.29 is 0 Å². The summed E-state index contributed by atoms with van der Waals surface area (Å²) in [6.07, 6.45) is 8.89. The van der Waals surface area contributed by atoms with Crippen molar-refractivity contribution in [3.8, 4) is 11.1 Å². The molecule has 0 heteroatoms. The lowest BCUT2D eigenvalue weighted by Crippen LogP contribution is -2.12. The smallest absolute Gasteiger partial charge is 0.000739 e. The van der Waals surface area contributed by atoms with Gasteiger partial charge in [-0.2, -0.15) is 0 Å². The van der Waals surface area contributed by atoms with Crippen LogP contribution in [0.15, 0.2) is 48.6 Å². The summed E-state index contributed by atoms with van der Waals surface area (Å²) in [6, 6.07) is 12.0. The molecule has 4 rings (SSSR count). The zero-order valence-corrected chi connectivity index (χ0v) is 17.0. The van der Waals surface area contributed by atoms with E-state index in [1.807, 2.05) is 0 Å². The van der Waals surface area contributed by atoms with E-state index >= 15 is 0 Å². The van der Waals surface area contributed by atoms with Crippen LogP contribution in [0.5, 0.6) is 0 Å². The Morgan fingerprint density at radius 3 is 2.00 bits per heavy atom. The maximum absolute atomic E-state index is 2.46. The first kappa shape index (κ1) is 17.3. The van der Waals surface area contributed by atoms with Crippen molar-refractivity contribution in [2.24, 2.45) is 0 Å². The third kappa shape index (κ3) is 2.86. The van der Waals surface area contributed by atoms with Gasteiger partial charge in [-0.25, -0.2) is 0 Å². The molecule has 134 valence electrons. The molecule has 0 bridgehead atoms. The summed E-state index contributed by atoms with van der Waals surface area (Å²) < 4.78 is 0. The van der Waals surface area contributed by atoms with Crippen molar-refractivity contribution >= 4 is 5.57 Å². The molecule has 0 nitrogen and oxygen atoms in total. The molecule has 2 aromatic carbocycles. The molecule has 0 aromatic heterocycles. The Balaban J connectivity index is 1.94. The summed E-state index contributed by atoms with van der Waals surface area (Å²) in [4.78, 5) is 0. The lowest BCUT2D eigenvalue weighted by atomic mass is 9.81. The number of allylic oxidation sites excluding steroid dienone is 4. The average Bonchev–Trinajstić information content (AvgIpc) is 3.19. The first-order valence-corrected chi connectivity index (χ1v) is 9.82. The third-order valence-electron chi connectivity index (χ3n) is 5.87. The van der Waals surface area contributed by atoms with E-state index in [9.17, 15) is 0 Å². The fourth-order valence-electron chi connectivity index (χ4n) is 4.11. The van der Waals surface area contributed by atoms with Gasteiger partial charge in [0.1, 0.15) is 0 Å². The van der Waals surface area contributed by atoms with E-state index in [0.29, 0.717) is 0 Å². The summed E-state index contributed by atoms with van der Waals surface area (Å²) in [5.41, 5.74) is 12.0. The van der Waals surface area contributed by atoms with Gasteiger partial charge in [0.2, 0.25) is 0 Å². The number of benzene rings is 2. The van der Waals surface area contributed by atoms with Crippen LogP contribution in [0.1, 0.15) is 75.8 Å². The van der Waals surface area contributed by atoms with Gasteiger partial charge in [-0.05, 0) is 68.2 Å². The van der Waals surface area contributed by atoms with Crippen LogP contribution < -0.4 is 0 Å². The van der Waals surface area contributed by atoms with Crippen molar-refractivity contribution in [3.63, 3.8) is 0 Å². The van der Waals surface area contributed by atoms with Crippen molar-refractivity contribution in [2.45, 2.75) is 65.2 Å². The van der Waals surface area contributed by atoms with Gasteiger partial charge in [0.15, 0.2) is 0 Å². The SMILES string of the molecule is CC(C)(C)c1ccc2c(c1)-c1cc(C(C)(C)C)cc(C3=CC=CC3)c1C2. The maximum atomic E-state index is 2.46. The molecule has 2 aliphatic carbocycles. The Kier molecular flexibility index (Phi) is 3.81. The van der Waals surface area contributed by atoms with Gasteiger partial charge in [-0.3, -0.25) is 0 Å². The molecular formula is C26H30. The highest BCUT2D eigenvalue weighted by atomic mass is 14.3. The van der Waals surface area contributed by atoms with Gasteiger partial charge < -0.3 is 0 Å². The van der Waals surface area contributed by atoms with Crippen molar-refractivity contribution in [3.05, 3.63) is 76.4 Å². The zero-order chi connectivity index (χ0) is 18.7. The zero-order valence-electron chi connectivity index (χ0n) is 17.0. The largest absolute Gasteiger partial charge is 0.0801 e. The Morgan fingerprint density at radius 1 is 0.731 bits per heavy atom. The van der Waals surface area contributed by atoms with Crippen LogP contribution in [0, 0.1) is 0 Å². The van der Waals surface area contributed by atoms with Crippen LogP contribution in [-0.2, 0) is 17.3 Å². The van der Waals surface area contributed by atoms with E-state index in [-0.39, 0.29) is 10.8 Å². The molecule has 0 radical (unpaired) electrons. The minimum absolute atomic E-state index is 0.154. The van der Waals surface area contributed by atoms with Gasteiger partial charge in [-0.15, -0.1) is 0 Å². The molecule has 0 N–H and O–H groups in total. The van der Waals surface area contributed by atoms with Gasteiger partial charge in [-0.1, -0.05) is 90.1 Å². The van der Waals surface area contributed by atoms with Crippen LogP contribution in [0.3, 0.4) is 0 Å². The highest BCUT2D eigenvalue weighted by molar-refractivity contribution is 5.86. The summed E-state index contributed by atoms with van der Waals surface area (Å²) in [7, 11) is 0. The summed E-state index contributed by atoms with van der Waals surface area (Å²) >= 11 is 0. The van der Waals surface area contributed by atoms with E-state index in [2.05, 4.69) is 90.1 Å². The summed E-state index contributed by atoms with van der Waals surface area (Å²) in [5.74, 6) is 0. The van der Waals surface area contributed by atoms with Gasteiger partial charge in [0.05, 0.1) is 0 Å². The topological polar surface area (TPSA) is 0 Å². The number of rotatable bonds is 1. The molecule has 0 atom stereocenters. The average molecular weight is 343 g/mol. The second-order valence-corrected chi connectivity index (χ2v) is 9.92. The van der Waals surface area contributed by atoms with E-state index < -0.39 is 0 Å². The van der Waals surface area contributed by atoms with Crippen molar-refractivity contribution in [2.75, 3.05) is 0 Å². The molecule has 0 unspecified atom stereocenters. The molecule has 2 aromatic rings. The number of hydrogen-bond donors (Lipinski definition) is 0. The predicted molar refractivity (Wildman–Crippen MR) is 114 cm³/mol. The van der Waals surface area contributed by atoms with Gasteiger partial charge in [0.25, 0.3) is 0 Å². The van der Waals surface area contributed by atoms with E-state index in [4.69, 9.17) is 0 Å². The van der Waals surface area contributed by atoms with E-state index in [0.717, 1.165) is 12.8 Å². The van der Waals surface area contributed by atoms with E-state index in [1.165, 1.54) is 44.5 Å². The molecule has 0 amide bonds. The van der Waals surface area contributed by atoms with Crippen molar-refractivity contribution in [1.29, 1.82) is 0 Å². The quantitative estimate of drug-likeness (QED) is 0.439. The molecule has 0 aliphatic heterocycles. The fraction of sp³-hybridized carbons (Fsp3) is 0.385. The van der Waals surface area contributed by atoms with Crippen LogP contribution in [-0.4, -0.2) is 0 Å². The fourth-order valence-corrected chi connectivity index (χ4v) is 4.11. The first-order valence-electron chi connectivity index (χ1n) is 9.82. The number of fused-ring (bicyclic) bond motifs is 3. The highest BCUT2D eigenvalue weighted by Crippen LogP contribution is 2.45. The molecule has 0 spiro atoms.